The lowest BCUT2D eigenvalue weighted by molar-refractivity contribution is -0.127. The van der Waals surface area contributed by atoms with Gasteiger partial charge in [-0.25, -0.2) is 4.99 Å². The molecule has 2 heterocycles. The molecule has 0 atom stereocenters. The van der Waals surface area contributed by atoms with Crippen molar-refractivity contribution in [2.24, 2.45) is 4.99 Å². The number of guanidine groups is 1. The second-order valence-electron chi connectivity index (χ2n) is 6.77. The number of rotatable bonds is 8. The molecule has 148 valence electrons. The molecule has 2 aromatic heterocycles. The molecule has 0 radical (unpaired) electrons. The maximum atomic E-state index is 11.8. The second kappa shape index (κ2) is 9.64. The van der Waals surface area contributed by atoms with E-state index < -0.39 is 0 Å². The Balaban J connectivity index is 1.53. The molecule has 3 N–H and O–H groups in total. The summed E-state index contributed by atoms with van der Waals surface area (Å²) in [6.07, 6.45) is 3.24. The zero-order chi connectivity index (χ0) is 19.8. The maximum absolute atomic E-state index is 11.8. The molecule has 0 saturated heterocycles. The van der Waals surface area contributed by atoms with E-state index in [0.717, 1.165) is 29.8 Å². The third kappa shape index (κ3) is 5.64. The first kappa shape index (κ1) is 19.5. The minimum Gasteiger partial charge on any atom is -0.469 e. The number of likely N-dealkylation sites (N-methyl/N-ethyl adjacent to an activating group) is 1. The van der Waals surface area contributed by atoms with E-state index in [1.807, 2.05) is 24.3 Å². The third-order valence-electron chi connectivity index (χ3n) is 4.39. The smallest absolute Gasteiger partial charge is 0.243 e. The Hall–Kier alpha value is -3.22. The summed E-state index contributed by atoms with van der Waals surface area (Å²) in [7, 11) is 3.45. The molecule has 3 rings (SSSR count). The van der Waals surface area contributed by atoms with E-state index >= 15 is 0 Å². The Morgan fingerprint density at radius 1 is 1.11 bits per heavy atom. The summed E-state index contributed by atoms with van der Waals surface area (Å²) in [5.41, 5.74) is 2.30. The van der Waals surface area contributed by atoms with Gasteiger partial charge in [-0.05, 0) is 29.7 Å². The number of amides is 1. The highest BCUT2D eigenvalue weighted by Crippen LogP contribution is 2.14. The van der Waals surface area contributed by atoms with Gasteiger partial charge in [-0.15, -0.1) is 0 Å². The second-order valence-corrected chi connectivity index (χ2v) is 6.77. The van der Waals surface area contributed by atoms with Crippen molar-refractivity contribution in [1.82, 2.24) is 20.5 Å². The first-order valence-electron chi connectivity index (χ1n) is 9.43. The molecule has 7 nitrogen and oxygen atoms in total. The van der Waals surface area contributed by atoms with Crippen LogP contribution in [-0.4, -0.2) is 55.5 Å². The summed E-state index contributed by atoms with van der Waals surface area (Å²) in [6, 6.07) is 14.2. The van der Waals surface area contributed by atoms with Crippen LogP contribution in [-0.2, 0) is 17.6 Å². The van der Waals surface area contributed by atoms with E-state index in [4.69, 9.17) is 4.42 Å². The Kier molecular flexibility index (Phi) is 6.73. The van der Waals surface area contributed by atoms with Crippen molar-refractivity contribution in [3.8, 4) is 0 Å². The van der Waals surface area contributed by atoms with Gasteiger partial charge in [0.15, 0.2) is 5.96 Å². The van der Waals surface area contributed by atoms with E-state index in [0.29, 0.717) is 19.0 Å². The lowest BCUT2D eigenvalue weighted by atomic mass is 10.2. The van der Waals surface area contributed by atoms with Crippen LogP contribution in [0.25, 0.3) is 10.9 Å². The number of hydrogen-bond donors (Lipinski definition) is 3. The lowest BCUT2D eigenvalue weighted by Crippen LogP contribution is -2.40. The Morgan fingerprint density at radius 3 is 2.61 bits per heavy atom. The van der Waals surface area contributed by atoms with Gasteiger partial charge < -0.3 is 24.9 Å². The van der Waals surface area contributed by atoms with Crippen LogP contribution in [0.1, 0.15) is 11.5 Å². The molecule has 3 aromatic rings. The van der Waals surface area contributed by atoms with Gasteiger partial charge in [-0.1, -0.05) is 18.2 Å². The van der Waals surface area contributed by atoms with Gasteiger partial charge in [0, 0.05) is 51.2 Å². The van der Waals surface area contributed by atoms with Crippen molar-refractivity contribution < 1.29 is 9.21 Å². The number of fused-ring (bicyclic) bond motifs is 1. The average Bonchev–Trinajstić information content (AvgIpc) is 3.34. The van der Waals surface area contributed by atoms with Crippen LogP contribution in [0, 0.1) is 0 Å². The zero-order valence-electron chi connectivity index (χ0n) is 16.4. The molecule has 0 fully saturated rings. The first-order valence-corrected chi connectivity index (χ1v) is 9.43. The molecule has 1 amide bonds. The van der Waals surface area contributed by atoms with Crippen molar-refractivity contribution in [2.45, 2.75) is 12.8 Å². The molecule has 28 heavy (non-hydrogen) atoms. The number of H-pyrrole nitrogens is 1. The Labute approximate surface area is 164 Å². The molecule has 0 bridgehead atoms. The third-order valence-corrected chi connectivity index (χ3v) is 4.39. The summed E-state index contributed by atoms with van der Waals surface area (Å²) in [5, 5.41) is 7.78. The minimum absolute atomic E-state index is 0.0391. The number of carbonyl (C=O) groups excluding carboxylic acids is 1. The number of aromatic amines is 1. The fourth-order valence-electron chi connectivity index (χ4n) is 2.81. The van der Waals surface area contributed by atoms with Crippen molar-refractivity contribution in [3.63, 3.8) is 0 Å². The minimum atomic E-state index is -0.0391. The van der Waals surface area contributed by atoms with E-state index in [1.165, 1.54) is 10.3 Å². The van der Waals surface area contributed by atoms with Gasteiger partial charge in [0.1, 0.15) is 12.3 Å². The van der Waals surface area contributed by atoms with Crippen molar-refractivity contribution in [2.75, 3.05) is 33.7 Å². The van der Waals surface area contributed by atoms with E-state index in [2.05, 4.69) is 38.8 Å². The van der Waals surface area contributed by atoms with E-state index in [9.17, 15) is 4.79 Å². The summed E-state index contributed by atoms with van der Waals surface area (Å²) in [5.74, 6) is 1.50. The number of hydrogen-bond acceptors (Lipinski definition) is 3. The van der Waals surface area contributed by atoms with Crippen LogP contribution in [0.3, 0.4) is 0 Å². The number of furan rings is 1. The van der Waals surface area contributed by atoms with Gasteiger partial charge in [-0.3, -0.25) is 4.79 Å². The topological polar surface area (TPSA) is 85.7 Å². The summed E-state index contributed by atoms with van der Waals surface area (Å²) < 4.78 is 5.35. The van der Waals surface area contributed by atoms with Crippen LogP contribution in [0.15, 0.2) is 58.1 Å². The SMILES string of the molecule is CN(C)C(=O)CN=C(NCCc1cc2ccccc2[nH]1)NCCc1ccco1. The van der Waals surface area contributed by atoms with Gasteiger partial charge in [-0.2, -0.15) is 0 Å². The standard InChI is InChI=1S/C21H27N5O2/c1-26(2)20(27)15-24-21(23-12-10-18-7-5-13-28-18)22-11-9-17-14-16-6-3-4-8-19(16)25-17/h3-8,13-14,25H,9-12,15H2,1-2H3,(H2,22,23,24). The predicted molar refractivity (Wildman–Crippen MR) is 111 cm³/mol. The maximum Gasteiger partial charge on any atom is 0.243 e. The molecule has 0 aliphatic rings. The van der Waals surface area contributed by atoms with Crippen molar-refractivity contribution in [1.29, 1.82) is 0 Å². The molecular formula is C21H27N5O2. The normalized spacial score (nSPS) is 11.6. The van der Waals surface area contributed by atoms with Crippen molar-refractivity contribution in [3.05, 3.63) is 60.2 Å². The fraction of sp³-hybridized carbons (Fsp3) is 0.333. The molecule has 1 aromatic carbocycles. The molecular weight excluding hydrogens is 354 g/mol. The zero-order valence-corrected chi connectivity index (χ0v) is 16.4. The quantitative estimate of drug-likeness (QED) is 0.412. The number of carbonyl (C=O) groups is 1. The number of benzene rings is 1. The predicted octanol–water partition coefficient (Wildman–Crippen LogP) is 2.17. The Morgan fingerprint density at radius 2 is 1.89 bits per heavy atom. The molecule has 7 heteroatoms. The van der Waals surface area contributed by atoms with Crippen molar-refractivity contribution >= 4 is 22.8 Å². The number of para-hydroxylation sites is 1. The van der Waals surface area contributed by atoms with Gasteiger partial charge in [0.25, 0.3) is 0 Å². The summed E-state index contributed by atoms with van der Waals surface area (Å²) in [4.78, 5) is 21.2. The number of aliphatic imine (C=N–C) groups is 1. The van der Waals surface area contributed by atoms with Crippen LogP contribution < -0.4 is 10.6 Å². The molecule has 0 spiro atoms. The van der Waals surface area contributed by atoms with Crippen LogP contribution in [0.2, 0.25) is 0 Å². The number of nitrogens with one attached hydrogen (secondary N) is 3. The Bertz CT molecular complexity index is 879. The number of nitrogens with zero attached hydrogens (tertiary/aromatic N) is 2. The molecule has 0 unspecified atom stereocenters. The van der Waals surface area contributed by atoms with Crippen LogP contribution >= 0.6 is 0 Å². The highest BCUT2D eigenvalue weighted by atomic mass is 16.3. The van der Waals surface area contributed by atoms with Crippen LogP contribution in [0.5, 0.6) is 0 Å². The monoisotopic (exact) mass is 381 g/mol. The summed E-state index contributed by atoms with van der Waals surface area (Å²) in [6.45, 7) is 1.48. The largest absolute Gasteiger partial charge is 0.469 e. The van der Waals surface area contributed by atoms with Gasteiger partial charge in [0.2, 0.25) is 5.91 Å². The molecule has 0 saturated carbocycles. The number of aromatic nitrogens is 1. The van der Waals surface area contributed by atoms with Gasteiger partial charge >= 0.3 is 0 Å². The summed E-state index contributed by atoms with van der Waals surface area (Å²) >= 11 is 0. The van der Waals surface area contributed by atoms with Crippen LogP contribution in [0.4, 0.5) is 0 Å². The van der Waals surface area contributed by atoms with Gasteiger partial charge in [0.05, 0.1) is 6.26 Å². The molecule has 0 aliphatic heterocycles. The first-order chi connectivity index (χ1) is 13.6. The highest BCUT2D eigenvalue weighted by molar-refractivity contribution is 5.84. The van der Waals surface area contributed by atoms with E-state index in [-0.39, 0.29) is 12.5 Å². The lowest BCUT2D eigenvalue weighted by Gasteiger charge is -2.13. The fourth-order valence-corrected chi connectivity index (χ4v) is 2.81. The average molecular weight is 381 g/mol. The highest BCUT2D eigenvalue weighted by Gasteiger charge is 2.06. The van der Waals surface area contributed by atoms with E-state index in [1.54, 1.807) is 20.4 Å². The molecule has 0 aliphatic carbocycles.